The number of pyridine rings is 1. The summed E-state index contributed by atoms with van der Waals surface area (Å²) in [5.74, 6) is 0. The average molecular weight is 385 g/mol. The van der Waals surface area contributed by atoms with Crippen LogP contribution in [-0.2, 0) is 21.9 Å². The number of aromatic nitrogens is 1. The molecular weight excluding hydrogens is 366 g/mol. The molecule has 2 N–H and O–H groups in total. The lowest BCUT2D eigenvalue weighted by Crippen LogP contribution is -2.17. The Morgan fingerprint density at radius 1 is 1.11 bits per heavy atom. The molecule has 3 aromatic rings. The molecule has 2 aromatic carbocycles. The average Bonchev–Trinajstić information content (AvgIpc) is 2.59. The Labute approximate surface area is 156 Å². The van der Waals surface area contributed by atoms with E-state index in [0.717, 1.165) is 11.8 Å². The highest BCUT2D eigenvalue weighted by Gasteiger charge is 2.14. The summed E-state index contributed by atoms with van der Waals surface area (Å²) in [6.07, 6.45) is 3.32. The second-order valence-electron chi connectivity index (χ2n) is 6.35. The Kier molecular flexibility index (Phi) is 4.75. The fourth-order valence-electron chi connectivity index (χ4n) is 3.03. The van der Waals surface area contributed by atoms with E-state index in [1.165, 1.54) is 4.57 Å². The van der Waals surface area contributed by atoms with Crippen molar-refractivity contribution in [1.82, 2.24) is 4.57 Å². The highest BCUT2D eigenvalue weighted by molar-refractivity contribution is 7.92. The van der Waals surface area contributed by atoms with E-state index in [1.54, 1.807) is 50.5 Å². The lowest BCUT2D eigenvalue weighted by molar-refractivity contribution is -0.105. The quantitative estimate of drug-likeness (QED) is 0.659. The maximum Gasteiger partial charge on any atom is 0.258 e. The Balaban J connectivity index is 2.35. The Morgan fingerprint density at radius 3 is 2.52 bits per heavy atom. The van der Waals surface area contributed by atoms with Crippen molar-refractivity contribution in [3.05, 3.63) is 58.5 Å². The first-order valence-corrected chi connectivity index (χ1v) is 10.0. The van der Waals surface area contributed by atoms with E-state index < -0.39 is 10.0 Å². The first-order valence-electron chi connectivity index (χ1n) is 8.12. The van der Waals surface area contributed by atoms with Crippen LogP contribution in [0.2, 0.25) is 0 Å². The third-order valence-corrected chi connectivity index (χ3v) is 4.86. The van der Waals surface area contributed by atoms with E-state index in [4.69, 9.17) is 0 Å². The number of nitrogens with one attached hydrogen (secondary N) is 2. The Morgan fingerprint density at radius 2 is 1.85 bits per heavy atom. The molecule has 0 aliphatic heterocycles. The molecule has 27 heavy (non-hydrogen) atoms. The van der Waals surface area contributed by atoms with Gasteiger partial charge >= 0.3 is 0 Å². The summed E-state index contributed by atoms with van der Waals surface area (Å²) >= 11 is 0. The number of rotatable bonds is 5. The minimum atomic E-state index is -3.44. The van der Waals surface area contributed by atoms with Crippen LogP contribution in [-0.4, -0.2) is 25.7 Å². The Bertz CT molecular complexity index is 1210. The van der Waals surface area contributed by atoms with Crippen LogP contribution >= 0.6 is 0 Å². The third-order valence-electron chi connectivity index (χ3n) is 4.27. The number of carbonyl (C=O) groups excluding carboxylic acids is 1. The lowest BCUT2D eigenvalue weighted by Gasteiger charge is -2.15. The number of benzene rings is 2. The fraction of sp³-hybridized carbons (Fsp3) is 0.158. The number of amides is 1. The van der Waals surface area contributed by atoms with Crippen molar-refractivity contribution in [2.45, 2.75) is 6.92 Å². The first kappa shape index (κ1) is 18.7. The molecule has 0 aliphatic carbocycles. The van der Waals surface area contributed by atoms with Crippen molar-refractivity contribution >= 4 is 38.6 Å². The topological polar surface area (TPSA) is 97.3 Å². The number of hydrogen-bond acceptors (Lipinski definition) is 4. The number of carbonyl (C=O) groups is 1. The molecule has 0 radical (unpaired) electrons. The van der Waals surface area contributed by atoms with Crippen LogP contribution in [0.5, 0.6) is 0 Å². The maximum absolute atomic E-state index is 12.5. The lowest BCUT2D eigenvalue weighted by atomic mass is 9.97. The van der Waals surface area contributed by atoms with Gasteiger partial charge in [-0.05, 0) is 36.2 Å². The molecule has 0 unspecified atom stereocenters. The second kappa shape index (κ2) is 6.88. The van der Waals surface area contributed by atoms with Gasteiger partial charge in [0.05, 0.1) is 11.9 Å². The molecule has 0 atom stereocenters. The second-order valence-corrected chi connectivity index (χ2v) is 8.10. The van der Waals surface area contributed by atoms with E-state index in [9.17, 15) is 18.0 Å². The van der Waals surface area contributed by atoms with Gasteiger partial charge in [-0.15, -0.1) is 0 Å². The van der Waals surface area contributed by atoms with Crippen LogP contribution in [0.4, 0.5) is 11.4 Å². The van der Waals surface area contributed by atoms with E-state index in [2.05, 4.69) is 10.0 Å². The van der Waals surface area contributed by atoms with Crippen LogP contribution in [0.15, 0.2) is 47.4 Å². The minimum absolute atomic E-state index is 0.190. The molecule has 0 fully saturated rings. The highest BCUT2D eigenvalue weighted by Crippen LogP contribution is 2.34. The van der Waals surface area contributed by atoms with Crippen molar-refractivity contribution in [3.8, 4) is 11.1 Å². The molecule has 140 valence electrons. The molecule has 7 nitrogen and oxygen atoms in total. The van der Waals surface area contributed by atoms with Gasteiger partial charge in [-0.1, -0.05) is 18.2 Å². The molecule has 8 heteroatoms. The van der Waals surface area contributed by atoms with E-state index in [1.807, 2.05) is 6.07 Å². The SMILES string of the molecule is Cc1ccc(-c2cn(C)c(=O)c3cccc(NC=O)c23)cc1NS(C)(=O)=O. The zero-order valence-corrected chi connectivity index (χ0v) is 15.9. The van der Waals surface area contributed by atoms with Crippen molar-refractivity contribution in [2.75, 3.05) is 16.3 Å². The molecule has 1 heterocycles. The van der Waals surface area contributed by atoms with Gasteiger partial charge in [-0.3, -0.25) is 14.3 Å². The van der Waals surface area contributed by atoms with Gasteiger partial charge in [0.2, 0.25) is 16.4 Å². The van der Waals surface area contributed by atoms with Crippen molar-refractivity contribution in [3.63, 3.8) is 0 Å². The van der Waals surface area contributed by atoms with E-state index >= 15 is 0 Å². The molecular formula is C19H19N3O4S. The monoisotopic (exact) mass is 385 g/mol. The molecule has 0 aliphatic rings. The van der Waals surface area contributed by atoms with Gasteiger partial charge in [-0.25, -0.2) is 8.42 Å². The summed E-state index contributed by atoms with van der Waals surface area (Å²) in [5.41, 5.74) is 2.96. The summed E-state index contributed by atoms with van der Waals surface area (Å²) < 4.78 is 27.3. The van der Waals surface area contributed by atoms with Gasteiger partial charge < -0.3 is 9.88 Å². The van der Waals surface area contributed by atoms with E-state index in [0.29, 0.717) is 39.7 Å². The smallest absolute Gasteiger partial charge is 0.258 e. The van der Waals surface area contributed by atoms with Crippen molar-refractivity contribution in [2.24, 2.45) is 7.05 Å². The van der Waals surface area contributed by atoms with Crippen molar-refractivity contribution in [1.29, 1.82) is 0 Å². The van der Waals surface area contributed by atoms with Gasteiger partial charge in [0, 0.05) is 35.3 Å². The number of hydrogen-bond donors (Lipinski definition) is 2. The van der Waals surface area contributed by atoms with Gasteiger partial charge in [-0.2, -0.15) is 0 Å². The molecule has 0 bridgehead atoms. The van der Waals surface area contributed by atoms with Crippen molar-refractivity contribution < 1.29 is 13.2 Å². The minimum Gasteiger partial charge on any atom is -0.328 e. The number of aryl methyl sites for hydroxylation is 2. The molecule has 0 saturated carbocycles. The molecule has 0 spiro atoms. The van der Waals surface area contributed by atoms with Gasteiger partial charge in [0.15, 0.2) is 0 Å². The molecule has 1 aromatic heterocycles. The summed E-state index contributed by atoms with van der Waals surface area (Å²) in [4.78, 5) is 23.5. The zero-order valence-electron chi connectivity index (χ0n) is 15.1. The van der Waals surface area contributed by atoms with Gasteiger partial charge in [0.1, 0.15) is 0 Å². The van der Waals surface area contributed by atoms with Crippen LogP contribution in [0.25, 0.3) is 21.9 Å². The van der Waals surface area contributed by atoms with E-state index in [-0.39, 0.29) is 5.56 Å². The standard InChI is InChI=1S/C19H19N3O4S/c1-12-7-8-13(9-17(12)21-27(3,25)26)15-10-22(2)19(24)14-5-4-6-16(18(14)15)20-11-23/h4-11,21H,1-3H3,(H,20,23). The third kappa shape index (κ3) is 3.70. The zero-order chi connectivity index (χ0) is 19.8. The predicted molar refractivity (Wildman–Crippen MR) is 108 cm³/mol. The summed E-state index contributed by atoms with van der Waals surface area (Å²) in [7, 11) is -1.79. The summed E-state index contributed by atoms with van der Waals surface area (Å²) in [6.45, 7) is 1.80. The fourth-order valence-corrected chi connectivity index (χ4v) is 3.65. The predicted octanol–water partition coefficient (Wildman–Crippen LogP) is 2.45. The number of fused-ring (bicyclic) bond motifs is 1. The molecule has 0 saturated heterocycles. The number of nitrogens with zero attached hydrogens (tertiary/aromatic N) is 1. The van der Waals surface area contributed by atoms with Crippen LogP contribution in [0, 0.1) is 6.92 Å². The van der Waals surface area contributed by atoms with Gasteiger partial charge in [0.25, 0.3) is 5.56 Å². The van der Waals surface area contributed by atoms with Crippen LogP contribution in [0.1, 0.15) is 5.56 Å². The molecule has 3 rings (SSSR count). The van der Waals surface area contributed by atoms with Crippen LogP contribution < -0.4 is 15.6 Å². The largest absolute Gasteiger partial charge is 0.328 e. The Hall–Kier alpha value is -3.13. The van der Waals surface area contributed by atoms with Crippen LogP contribution in [0.3, 0.4) is 0 Å². The molecule has 1 amide bonds. The number of sulfonamides is 1. The summed E-state index contributed by atoms with van der Waals surface area (Å²) in [6, 6.07) is 10.5. The highest BCUT2D eigenvalue weighted by atomic mass is 32.2. The summed E-state index contributed by atoms with van der Waals surface area (Å²) in [5, 5.41) is 3.69. The maximum atomic E-state index is 12.5. The number of anilines is 2. The normalized spacial score (nSPS) is 11.4. The first-order chi connectivity index (χ1) is 12.7.